The van der Waals surface area contributed by atoms with E-state index in [1.165, 1.54) is 11.8 Å². The second-order valence-corrected chi connectivity index (χ2v) is 7.74. The number of ketones is 1. The van der Waals surface area contributed by atoms with Crippen LogP contribution in [-0.2, 0) is 11.3 Å². The van der Waals surface area contributed by atoms with Crippen LogP contribution in [0, 0.1) is 0 Å². The van der Waals surface area contributed by atoms with Gasteiger partial charge in [0, 0.05) is 17.7 Å². The number of aromatic nitrogens is 2. The molecule has 0 aliphatic heterocycles. The van der Waals surface area contributed by atoms with Gasteiger partial charge in [-0.3, -0.25) is 14.2 Å². The highest BCUT2D eigenvalue weighted by Gasteiger charge is 2.20. The van der Waals surface area contributed by atoms with E-state index in [9.17, 15) is 9.59 Å². The maximum absolute atomic E-state index is 12.9. The van der Waals surface area contributed by atoms with E-state index in [0.29, 0.717) is 39.8 Å². The molecule has 3 rings (SSSR count). The average Bonchev–Trinajstić information content (AvgIpc) is 2.68. The number of carbonyl (C=O) groups excluding carboxylic acids is 1. The lowest BCUT2D eigenvalue weighted by Crippen LogP contribution is -2.26. The molecule has 7 heteroatoms. The summed E-state index contributed by atoms with van der Waals surface area (Å²) in [6, 6.07) is 14.0. The summed E-state index contributed by atoms with van der Waals surface area (Å²) in [5, 5.41) is 1.23. The summed E-state index contributed by atoms with van der Waals surface area (Å²) >= 11 is 7.16. The molecule has 3 aromatic rings. The number of rotatable bonds is 7. The van der Waals surface area contributed by atoms with Crippen molar-refractivity contribution in [1.82, 2.24) is 9.55 Å². The number of fused-ring (bicyclic) bond motifs is 1. The SMILES string of the molecule is COCCn1c(S[C@@H](C)C(=O)c2ccc(Cl)cc2)nc2ccccc2c1=O. The first kappa shape index (κ1) is 19.6. The molecule has 1 atom stereocenters. The first-order valence-corrected chi connectivity index (χ1v) is 9.72. The first-order valence-electron chi connectivity index (χ1n) is 8.46. The Bertz CT molecular complexity index is 1020. The minimum Gasteiger partial charge on any atom is -0.383 e. The predicted molar refractivity (Wildman–Crippen MR) is 109 cm³/mol. The number of Topliss-reactive ketones (excluding diaryl/α,β-unsaturated/α-hetero) is 1. The maximum Gasteiger partial charge on any atom is 0.262 e. The molecule has 0 saturated heterocycles. The summed E-state index contributed by atoms with van der Waals surface area (Å²) < 4.78 is 6.70. The number of halogens is 1. The van der Waals surface area contributed by atoms with Crippen molar-refractivity contribution in [3.8, 4) is 0 Å². The summed E-state index contributed by atoms with van der Waals surface area (Å²) in [7, 11) is 1.58. The number of para-hydroxylation sites is 1. The number of carbonyl (C=O) groups is 1. The Hall–Kier alpha value is -2.15. The quantitative estimate of drug-likeness (QED) is 0.339. The molecule has 0 spiro atoms. The second kappa shape index (κ2) is 8.69. The summed E-state index contributed by atoms with van der Waals surface area (Å²) in [5.41, 5.74) is 1.06. The van der Waals surface area contributed by atoms with Crippen LogP contribution in [0.25, 0.3) is 10.9 Å². The third-order valence-corrected chi connectivity index (χ3v) is 5.47. The van der Waals surface area contributed by atoms with Gasteiger partial charge in [-0.2, -0.15) is 0 Å². The number of thioether (sulfide) groups is 1. The van der Waals surface area contributed by atoms with Crippen LogP contribution < -0.4 is 5.56 Å². The Kier molecular flexibility index (Phi) is 6.31. The van der Waals surface area contributed by atoms with Crippen molar-refractivity contribution in [1.29, 1.82) is 0 Å². The molecule has 0 fully saturated rings. The van der Waals surface area contributed by atoms with Crippen LogP contribution in [0.5, 0.6) is 0 Å². The molecule has 0 N–H and O–H groups in total. The van der Waals surface area contributed by atoms with Crippen LogP contribution in [0.3, 0.4) is 0 Å². The van der Waals surface area contributed by atoms with Crippen LogP contribution >= 0.6 is 23.4 Å². The highest BCUT2D eigenvalue weighted by molar-refractivity contribution is 8.00. The minimum absolute atomic E-state index is 0.0441. The molecule has 5 nitrogen and oxygen atoms in total. The van der Waals surface area contributed by atoms with Crippen LogP contribution in [0.1, 0.15) is 17.3 Å². The van der Waals surface area contributed by atoms with E-state index in [4.69, 9.17) is 16.3 Å². The van der Waals surface area contributed by atoms with Gasteiger partial charge in [-0.1, -0.05) is 35.5 Å². The number of nitrogens with zero attached hydrogens (tertiary/aromatic N) is 2. The Labute approximate surface area is 166 Å². The van der Waals surface area contributed by atoms with Gasteiger partial charge in [-0.25, -0.2) is 4.98 Å². The molecule has 0 saturated carbocycles. The van der Waals surface area contributed by atoms with Gasteiger partial charge in [0.05, 0.1) is 29.3 Å². The van der Waals surface area contributed by atoms with E-state index >= 15 is 0 Å². The minimum atomic E-state index is -0.409. The molecule has 0 radical (unpaired) electrons. The zero-order valence-corrected chi connectivity index (χ0v) is 16.6. The van der Waals surface area contributed by atoms with Crippen LogP contribution in [0.15, 0.2) is 58.5 Å². The van der Waals surface area contributed by atoms with Gasteiger partial charge in [-0.15, -0.1) is 0 Å². The molecule has 0 bridgehead atoms. The monoisotopic (exact) mass is 402 g/mol. The van der Waals surface area contributed by atoms with Gasteiger partial charge >= 0.3 is 0 Å². The molecule has 2 aromatic carbocycles. The fraction of sp³-hybridized carbons (Fsp3) is 0.250. The van der Waals surface area contributed by atoms with Gasteiger partial charge < -0.3 is 4.74 Å². The lowest BCUT2D eigenvalue weighted by Gasteiger charge is -2.15. The summed E-state index contributed by atoms with van der Waals surface area (Å²) in [6.45, 7) is 2.56. The second-order valence-electron chi connectivity index (χ2n) is 5.99. The van der Waals surface area contributed by atoms with Crippen molar-refractivity contribution in [3.63, 3.8) is 0 Å². The van der Waals surface area contributed by atoms with E-state index in [0.717, 1.165) is 0 Å². The maximum atomic E-state index is 12.9. The molecule has 0 aliphatic carbocycles. The van der Waals surface area contributed by atoms with E-state index < -0.39 is 5.25 Å². The first-order chi connectivity index (χ1) is 13.0. The Balaban J connectivity index is 1.95. The van der Waals surface area contributed by atoms with Crippen molar-refractivity contribution in [3.05, 3.63) is 69.5 Å². The highest BCUT2D eigenvalue weighted by Crippen LogP contribution is 2.25. The lowest BCUT2D eigenvalue weighted by atomic mass is 10.1. The zero-order chi connectivity index (χ0) is 19.4. The topological polar surface area (TPSA) is 61.2 Å². The third-order valence-electron chi connectivity index (χ3n) is 4.13. The van der Waals surface area contributed by atoms with Crippen molar-refractivity contribution >= 4 is 40.0 Å². The molecule has 1 aromatic heterocycles. The summed E-state index contributed by atoms with van der Waals surface area (Å²) in [5.74, 6) is -0.0441. The van der Waals surface area contributed by atoms with E-state index in [1.54, 1.807) is 48.1 Å². The Morgan fingerprint density at radius 1 is 1.22 bits per heavy atom. The summed E-state index contributed by atoms with van der Waals surface area (Å²) in [4.78, 5) is 30.2. The fourth-order valence-electron chi connectivity index (χ4n) is 2.68. The van der Waals surface area contributed by atoms with E-state index in [2.05, 4.69) is 4.98 Å². The molecule has 140 valence electrons. The molecular weight excluding hydrogens is 384 g/mol. The van der Waals surface area contributed by atoms with Crippen molar-refractivity contribution in [2.45, 2.75) is 23.9 Å². The van der Waals surface area contributed by atoms with Crippen LogP contribution in [-0.4, -0.2) is 34.3 Å². The largest absolute Gasteiger partial charge is 0.383 e. The van der Waals surface area contributed by atoms with Gasteiger partial charge in [0.1, 0.15) is 0 Å². The number of ether oxygens (including phenoxy) is 1. The predicted octanol–water partition coefficient (Wildman–Crippen LogP) is 4.06. The standard InChI is InChI=1S/C20H19ClN2O3S/c1-13(18(24)14-7-9-15(21)10-8-14)27-20-22-17-6-4-3-5-16(17)19(25)23(20)11-12-26-2/h3-10,13H,11-12H2,1-2H3/t13-/m0/s1. The molecule has 1 heterocycles. The smallest absolute Gasteiger partial charge is 0.262 e. The van der Waals surface area contributed by atoms with E-state index in [1.807, 2.05) is 19.1 Å². The number of benzene rings is 2. The lowest BCUT2D eigenvalue weighted by molar-refractivity contribution is 0.0994. The van der Waals surface area contributed by atoms with Gasteiger partial charge in [0.25, 0.3) is 5.56 Å². The molecule has 0 aliphatic rings. The molecule has 27 heavy (non-hydrogen) atoms. The molecular formula is C20H19ClN2O3S. The Morgan fingerprint density at radius 3 is 2.63 bits per heavy atom. The highest BCUT2D eigenvalue weighted by atomic mass is 35.5. The third kappa shape index (κ3) is 4.40. The van der Waals surface area contributed by atoms with Crippen molar-refractivity contribution in [2.75, 3.05) is 13.7 Å². The van der Waals surface area contributed by atoms with Crippen molar-refractivity contribution < 1.29 is 9.53 Å². The normalized spacial score (nSPS) is 12.3. The van der Waals surface area contributed by atoms with Gasteiger partial charge in [-0.05, 0) is 43.3 Å². The zero-order valence-electron chi connectivity index (χ0n) is 15.0. The van der Waals surface area contributed by atoms with Crippen LogP contribution in [0.4, 0.5) is 0 Å². The molecule has 0 amide bonds. The van der Waals surface area contributed by atoms with Gasteiger partial charge in [0.2, 0.25) is 0 Å². The number of hydrogen-bond donors (Lipinski definition) is 0. The van der Waals surface area contributed by atoms with E-state index in [-0.39, 0.29) is 11.3 Å². The van der Waals surface area contributed by atoms with Crippen LogP contribution in [0.2, 0.25) is 5.02 Å². The summed E-state index contributed by atoms with van der Waals surface area (Å²) in [6.07, 6.45) is 0. The molecule has 0 unspecified atom stereocenters. The number of hydrogen-bond acceptors (Lipinski definition) is 5. The Morgan fingerprint density at radius 2 is 1.93 bits per heavy atom. The van der Waals surface area contributed by atoms with Crippen molar-refractivity contribution in [2.24, 2.45) is 0 Å². The van der Waals surface area contributed by atoms with Gasteiger partial charge in [0.15, 0.2) is 10.9 Å². The fourth-order valence-corrected chi connectivity index (χ4v) is 3.82. The number of methoxy groups -OCH3 is 1. The average molecular weight is 403 g/mol.